The van der Waals surface area contributed by atoms with E-state index in [1.165, 1.54) is 11.1 Å². The third-order valence-corrected chi connectivity index (χ3v) is 6.39. The van der Waals surface area contributed by atoms with Gasteiger partial charge in [-0.05, 0) is 42.2 Å². The number of hydrogen-bond donors (Lipinski definition) is 1. The van der Waals surface area contributed by atoms with E-state index in [0.29, 0.717) is 53.5 Å². The number of pyridine rings is 1. The van der Waals surface area contributed by atoms with Gasteiger partial charge in [-0.25, -0.2) is 4.98 Å². The number of ether oxygens (including phenoxy) is 2. The van der Waals surface area contributed by atoms with Gasteiger partial charge in [-0.15, -0.1) is 0 Å². The number of aromatic nitrogens is 1. The Morgan fingerprint density at radius 2 is 1.85 bits per heavy atom. The maximum atomic E-state index is 13.3. The van der Waals surface area contributed by atoms with E-state index in [9.17, 15) is 4.79 Å². The zero-order valence-corrected chi connectivity index (χ0v) is 19.4. The van der Waals surface area contributed by atoms with Crippen LogP contribution in [0.5, 0.6) is 11.6 Å². The Morgan fingerprint density at radius 1 is 1.09 bits per heavy atom. The maximum Gasteiger partial charge on any atom is 0.255 e. The molecule has 0 saturated carbocycles. The van der Waals surface area contributed by atoms with Crippen LogP contribution in [0.3, 0.4) is 0 Å². The number of hydrogen-bond acceptors (Lipinski definition) is 5. The van der Waals surface area contributed by atoms with Crippen molar-refractivity contribution < 1.29 is 14.3 Å². The monoisotopic (exact) mass is 483 g/mol. The summed E-state index contributed by atoms with van der Waals surface area (Å²) < 4.78 is 11.4. The predicted octanol–water partition coefficient (Wildman–Crippen LogP) is 5.43. The molecular formula is C25H23Cl2N3O3. The highest BCUT2D eigenvalue weighted by Gasteiger charge is 2.26. The number of aryl methyl sites for hydroxylation is 1. The van der Waals surface area contributed by atoms with Crippen molar-refractivity contribution >= 4 is 34.8 Å². The molecule has 1 aromatic heterocycles. The number of halogens is 2. The van der Waals surface area contributed by atoms with Crippen LogP contribution in [-0.4, -0.2) is 37.2 Å². The molecule has 5 rings (SSSR count). The SMILES string of the molecule is O=C(N[C@H]1CCc2ccccc21)c1cnc(Oc2cc(Cl)cc(Cl)c2)cc1N1CCOCC1. The molecule has 6 nitrogen and oxygen atoms in total. The number of fused-ring (bicyclic) bond motifs is 1. The molecule has 3 aromatic rings. The topological polar surface area (TPSA) is 63.7 Å². The third-order valence-electron chi connectivity index (χ3n) is 5.95. The number of rotatable bonds is 5. The fraction of sp³-hybridized carbons (Fsp3) is 0.280. The van der Waals surface area contributed by atoms with Crippen molar-refractivity contribution in [1.29, 1.82) is 0 Å². The van der Waals surface area contributed by atoms with Crippen LogP contribution >= 0.6 is 23.2 Å². The molecule has 0 radical (unpaired) electrons. The summed E-state index contributed by atoms with van der Waals surface area (Å²) in [6.45, 7) is 2.55. The van der Waals surface area contributed by atoms with Crippen LogP contribution in [-0.2, 0) is 11.2 Å². The van der Waals surface area contributed by atoms with Gasteiger partial charge in [0.1, 0.15) is 5.75 Å². The Labute approximate surface area is 202 Å². The van der Waals surface area contributed by atoms with Crippen molar-refractivity contribution in [3.63, 3.8) is 0 Å². The summed E-state index contributed by atoms with van der Waals surface area (Å²) in [5, 5.41) is 4.14. The summed E-state index contributed by atoms with van der Waals surface area (Å²) >= 11 is 12.2. The fourth-order valence-corrected chi connectivity index (χ4v) is 4.88. The highest BCUT2D eigenvalue weighted by molar-refractivity contribution is 6.34. The lowest BCUT2D eigenvalue weighted by molar-refractivity contribution is 0.0935. The molecule has 2 aromatic carbocycles. The summed E-state index contributed by atoms with van der Waals surface area (Å²) in [4.78, 5) is 19.9. The van der Waals surface area contributed by atoms with Gasteiger partial charge in [0, 0.05) is 35.4 Å². The minimum absolute atomic E-state index is 0.00392. The van der Waals surface area contributed by atoms with Crippen LogP contribution in [0.2, 0.25) is 10.0 Å². The number of amides is 1. The van der Waals surface area contributed by atoms with Crippen molar-refractivity contribution in [3.05, 3.63) is 81.5 Å². The number of carbonyl (C=O) groups excluding carboxylic acids is 1. The average molecular weight is 484 g/mol. The van der Waals surface area contributed by atoms with Crippen molar-refractivity contribution in [2.45, 2.75) is 18.9 Å². The van der Waals surface area contributed by atoms with Gasteiger partial charge in [-0.1, -0.05) is 47.5 Å². The van der Waals surface area contributed by atoms with Gasteiger partial charge in [0.2, 0.25) is 5.88 Å². The number of morpholine rings is 1. The van der Waals surface area contributed by atoms with E-state index >= 15 is 0 Å². The fourth-order valence-electron chi connectivity index (χ4n) is 4.37. The lowest BCUT2D eigenvalue weighted by Gasteiger charge is -2.30. The largest absolute Gasteiger partial charge is 0.439 e. The standard InChI is InChI=1S/C25H23Cl2N3O3/c26-17-11-18(27)13-19(12-17)33-24-14-23(30-7-9-32-10-8-30)21(15-28-24)25(31)29-22-6-5-16-3-1-2-4-20(16)22/h1-4,11-15,22H,5-10H2,(H,29,31)/t22-/m0/s1. The van der Waals surface area contributed by atoms with E-state index in [1.807, 2.05) is 12.1 Å². The second kappa shape index (κ2) is 9.59. The number of carbonyl (C=O) groups is 1. The second-order valence-corrected chi connectivity index (χ2v) is 8.98. The van der Waals surface area contributed by atoms with Crippen molar-refractivity contribution in [2.24, 2.45) is 0 Å². The quantitative estimate of drug-likeness (QED) is 0.523. The van der Waals surface area contributed by atoms with Crippen LogP contribution in [0.15, 0.2) is 54.7 Å². The maximum absolute atomic E-state index is 13.3. The van der Waals surface area contributed by atoms with Gasteiger partial charge in [-0.2, -0.15) is 0 Å². The van der Waals surface area contributed by atoms with Crippen molar-refractivity contribution in [1.82, 2.24) is 10.3 Å². The second-order valence-electron chi connectivity index (χ2n) is 8.11. The smallest absolute Gasteiger partial charge is 0.255 e. The van der Waals surface area contributed by atoms with Crippen LogP contribution < -0.4 is 15.0 Å². The number of nitrogens with zero attached hydrogens (tertiary/aromatic N) is 2. The van der Waals surface area contributed by atoms with E-state index in [4.69, 9.17) is 32.7 Å². The zero-order valence-electron chi connectivity index (χ0n) is 17.9. The van der Waals surface area contributed by atoms with Crippen LogP contribution in [0.1, 0.15) is 33.9 Å². The molecule has 1 aliphatic carbocycles. The molecule has 2 heterocycles. The molecule has 0 bridgehead atoms. The Hall–Kier alpha value is -2.80. The first kappa shape index (κ1) is 22.0. The van der Waals surface area contributed by atoms with E-state index in [0.717, 1.165) is 18.5 Å². The molecule has 0 spiro atoms. The van der Waals surface area contributed by atoms with E-state index < -0.39 is 0 Å². The average Bonchev–Trinajstić information content (AvgIpc) is 3.22. The summed E-state index contributed by atoms with van der Waals surface area (Å²) in [5.41, 5.74) is 3.75. The molecule has 8 heteroatoms. The normalized spacial score (nSPS) is 17.5. The molecule has 170 valence electrons. The van der Waals surface area contributed by atoms with Crippen LogP contribution in [0, 0.1) is 0 Å². The molecule has 1 aliphatic heterocycles. The van der Waals surface area contributed by atoms with Crippen molar-refractivity contribution in [3.8, 4) is 11.6 Å². The first-order valence-corrected chi connectivity index (χ1v) is 11.7. The van der Waals surface area contributed by atoms with Crippen molar-refractivity contribution in [2.75, 3.05) is 31.2 Å². The molecule has 33 heavy (non-hydrogen) atoms. The summed E-state index contributed by atoms with van der Waals surface area (Å²) in [5.74, 6) is 0.688. The van der Waals surface area contributed by atoms with Gasteiger partial charge >= 0.3 is 0 Å². The molecule has 2 aliphatic rings. The first-order chi connectivity index (χ1) is 16.1. The van der Waals surface area contributed by atoms with Gasteiger partial charge in [0.15, 0.2) is 0 Å². The molecule has 1 atom stereocenters. The zero-order chi connectivity index (χ0) is 22.8. The van der Waals surface area contributed by atoms with Gasteiger partial charge in [-0.3, -0.25) is 4.79 Å². The molecule has 1 N–H and O–H groups in total. The summed E-state index contributed by atoms with van der Waals surface area (Å²) in [6, 6.07) is 15.0. The Balaban J connectivity index is 1.43. The third kappa shape index (κ3) is 4.93. The highest BCUT2D eigenvalue weighted by atomic mass is 35.5. The molecular weight excluding hydrogens is 461 g/mol. The van der Waals surface area contributed by atoms with Gasteiger partial charge in [0.25, 0.3) is 5.91 Å². The van der Waals surface area contributed by atoms with Gasteiger partial charge in [0.05, 0.1) is 30.5 Å². The van der Waals surface area contributed by atoms with E-state index in [2.05, 4.69) is 27.3 Å². The van der Waals surface area contributed by atoms with Crippen LogP contribution in [0.25, 0.3) is 0 Å². The molecule has 0 unspecified atom stereocenters. The molecule has 1 amide bonds. The molecule has 1 saturated heterocycles. The minimum Gasteiger partial charge on any atom is -0.439 e. The number of anilines is 1. The summed E-state index contributed by atoms with van der Waals surface area (Å²) in [6.07, 6.45) is 3.43. The lowest BCUT2D eigenvalue weighted by atomic mass is 10.1. The highest BCUT2D eigenvalue weighted by Crippen LogP contribution is 2.33. The summed E-state index contributed by atoms with van der Waals surface area (Å²) in [7, 11) is 0. The Bertz CT molecular complexity index is 1160. The minimum atomic E-state index is -0.150. The van der Waals surface area contributed by atoms with Gasteiger partial charge < -0.3 is 19.7 Å². The Kier molecular flexibility index (Phi) is 6.40. The first-order valence-electron chi connectivity index (χ1n) is 10.9. The molecule has 1 fully saturated rings. The van der Waals surface area contributed by atoms with E-state index in [-0.39, 0.29) is 11.9 Å². The van der Waals surface area contributed by atoms with E-state index in [1.54, 1.807) is 30.5 Å². The predicted molar refractivity (Wildman–Crippen MR) is 129 cm³/mol. The number of nitrogens with one attached hydrogen (secondary N) is 1. The van der Waals surface area contributed by atoms with Crippen LogP contribution in [0.4, 0.5) is 5.69 Å². The lowest BCUT2D eigenvalue weighted by Crippen LogP contribution is -2.38. The Morgan fingerprint density at radius 3 is 2.64 bits per heavy atom. The number of benzene rings is 2.